The van der Waals surface area contributed by atoms with Gasteiger partial charge in [0.05, 0.1) is 18.4 Å². The molecule has 9 nitrogen and oxygen atoms in total. The van der Waals surface area contributed by atoms with Crippen molar-refractivity contribution in [2.45, 2.75) is 44.1 Å². The van der Waals surface area contributed by atoms with E-state index in [0.717, 1.165) is 0 Å². The number of carboxylic acids is 3. The smallest absolute Gasteiger partial charge is 0.337 e. The van der Waals surface area contributed by atoms with Crippen molar-refractivity contribution in [3.05, 3.63) is 0 Å². The van der Waals surface area contributed by atoms with Gasteiger partial charge < -0.3 is 30.9 Å². The fraction of sp³-hybridized carbons (Fsp3) is 0.700. The highest BCUT2D eigenvalue weighted by atomic mass is 16.6. The molecule has 0 saturated carbocycles. The Morgan fingerprint density at radius 3 is 1.68 bits per heavy atom. The summed E-state index contributed by atoms with van der Waals surface area (Å²) in [7, 11) is 0. The standard InChI is InChI=1S/C10H17NO8/c1-9(2,11)8(18)19-10(7(16)17,3-5(12)13)4-6(14)15/h8,18H,3-4,11H2,1-2H3,(H,12,13)(H,14,15)(H,16,17). The molecule has 0 aliphatic heterocycles. The Balaban J connectivity index is 5.39. The number of nitrogens with two attached hydrogens (primary N) is 1. The van der Waals surface area contributed by atoms with E-state index in [1.165, 1.54) is 13.8 Å². The van der Waals surface area contributed by atoms with Crippen LogP contribution in [-0.4, -0.2) is 55.8 Å². The van der Waals surface area contributed by atoms with Crippen molar-refractivity contribution in [1.82, 2.24) is 0 Å². The van der Waals surface area contributed by atoms with Crippen molar-refractivity contribution >= 4 is 17.9 Å². The lowest BCUT2D eigenvalue weighted by Gasteiger charge is -2.34. The Hall–Kier alpha value is -1.71. The van der Waals surface area contributed by atoms with E-state index < -0.39 is 48.2 Å². The lowest BCUT2D eigenvalue weighted by atomic mass is 9.94. The number of carboxylic acid groups (broad SMARTS) is 3. The number of hydrogen-bond acceptors (Lipinski definition) is 6. The minimum Gasteiger partial charge on any atom is -0.481 e. The Kier molecular flexibility index (Phi) is 5.42. The van der Waals surface area contributed by atoms with Gasteiger partial charge in [-0.3, -0.25) is 9.59 Å². The summed E-state index contributed by atoms with van der Waals surface area (Å²) in [6, 6.07) is 0. The van der Waals surface area contributed by atoms with Gasteiger partial charge in [-0.2, -0.15) is 0 Å². The van der Waals surface area contributed by atoms with Crippen LogP contribution >= 0.6 is 0 Å². The van der Waals surface area contributed by atoms with Crippen molar-refractivity contribution in [1.29, 1.82) is 0 Å². The molecule has 0 radical (unpaired) electrons. The normalized spacial score (nSPS) is 13.9. The van der Waals surface area contributed by atoms with Crippen molar-refractivity contribution in [3.8, 4) is 0 Å². The quantitative estimate of drug-likeness (QED) is 0.344. The molecule has 0 saturated heterocycles. The van der Waals surface area contributed by atoms with Gasteiger partial charge in [0.2, 0.25) is 0 Å². The van der Waals surface area contributed by atoms with Crippen LogP contribution in [0.4, 0.5) is 0 Å². The SMILES string of the molecule is CC(C)(N)C(O)OC(CC(=O)O)(CC(=O)O)C(=O)O. The zero-order valence-corrected chi connectivity index (χ0v) is 10.5. The number of aliphatic hydroxyl groups excluding tert-OH is 1. The third-order valence-electron chi connectivity index (χ3n) is 2.24. The molecule has 6 N–H and O–H groups in total. The van der Waals surface area contributed by atoms with E-state index in [4.69, 9.17) is 25.8 Å². The van der Waals surface area contributed by atoms with Crippen LogP contribution in [-0.2, 0) is 19.1 Å². The number of aliphatic hydroxyl groups is 1. The minimum atomic E-state index is -2.59. The molecular formula is C10H17NO8. The summed E-state index contributed by atoms with van der Waals surface area (Å²) in [6.45, 7) is 2.62. The molecule has 0 spiro atoms. The van der Waals surface area contributed by atoms with Crippen LogP contribution in [0.1, 0.15) is 26.7 Å². The molecule has 110 valence electrons. The average molecular weight is 279 g/mol. The van der Waals surface area contributed by atoms with Gasteiger partial charge in [-0.05, 0) is 13.8 Å². The maximum atomic E-state index is 11.2. The van der Waals surface area contributed by atoms with Crippen LogP contribution < -0.4 is 5.73 Å². The Morgan fingerprint density at radius 1 is 1.11 bits per heavy atom. The monoisotopic (exact) mass is 279 g/mol. The number of ether oxygens (including phenoxy) is 1. The predicted octanol–water partition coefficient (Wildman–Crippen LogP) is -1.17. The van der Waals surface area contributed by atoms with Crippen molar-refractivity contribution in [2.24, 2.45) is 5.73 Å². The second-order valence-electron chi connectivity index (χ2n) is 4.73. The van der Waals surface area contributed by atoms with Gasteiger partial charge in [0.15, 0.2) is 11.9 Å². The van der Waals surface area contributed by atoms with Crippen molar-refractivity contribution < 1.29 is 39.5 Å². The van der Waals surface area contributed by atoms with Crippen LogP contribution in [0.3, 0.4) is 0 Å². The first-order valence-corrected chi connectivity index (χ1v) is 5.22. The van der Waals surface area contributed by atoms with E-state index in [0.29, 0.717) is 0 Å². The van der Waals surface area contributed by atoms with E-state index in [2.05, 4.69) is 0 Å². The van der Waals surface area contributed by atoms with Crippen molar-refractivity contribution in [2.75, 3.05) is 0 Å². The summed E-state index contributed by atoms with van der Waals surface area (Å²) >= 11 is 0. The molecule has 1 atom stereocenters. The Bertz CT molecular complexity index is 356. The molecule has 0 aliphatic rings. The van der Waals surface area contributed by atoms with Crippen LogP contribution in [0.2, 0.25) is 0 Å². The molecule has 0 heterocycles. The maximum absolute atomic E-state index is 11.2. The Morgan fingerprint density at radius 2 is 1.47 bits per heavy atom. The number of carbonyl (C=O) groups is 3. The molecule has 0 rings (SSSR count). The van der Waals surface area contributed by atoms with Crippen molar-refractivity contribution in [3.63, 3.8) is 0 Å². The molecule has 0 amide bonds. The molecular weight excluding hydrogens is 262 g/mol. The number of aliphatic carboxylic acids is 3. The average Bonchev–Trinajstić information content (AvgIpc) is 2.12. The van der Waals surface area contributed by atoms with E-state index in [-0.39, 0.29) is 0 Å². The summed E-state index contributed by atoms with van der Waals surface area (Å²) in [5, 5.41) is 36.0. The highest BCUT2D eigenvalue weighted by Crippen LogP contribution is 2.26. The van der Waals surface area contributed by atoms with Crippen LogP contribution in [0.15, 0.2) is 0 Å². The fourth-order valence-corrected chi connectivity index (χ4v) is 1.20. The van der Waals surface area contributed by atoms with E-state index >= 15 is 0 Å². The van der Waals surface area contributed by atoms with Gasteiger partial charge >= 0.3 is 17.9 Å². The van der Waals surface area contributed by atoms with Gasteiger partial charge in [0.25, 0.3) is 0 Å². The molecule has 0 bridgehead atoms. The second kappa shape index (κ2) is 5.95. The second-order valence-corrected chi connectivity index (χ2v) is 4.73. The zero-order chi connectivity index (χ0) is 15.4. The minimum absolute atomic E-state index is 1.12. The highest BCUT2D eigenvalue weighted by molar-refractivity contribution is 5.88. The molecule has 0 aromatic carbocycles. The highest BCUT2D eigenvalue weighted by Gasteiger charge is 2.47. The van der Waals surface area contributed by atoms with Gasteiger partial charge in [-0.1, -0.05) is 0 Å². The summed E-state index contributed by atoms with van der Waals surface area (Å²) in [5.41, 5.74) is 1.50. The molecule has 9 heteroatoms. The van der Waals surface area contributed by atoms with Crippen LogP contribution in [0.5, 0.6) is 0 Å². The molecule has 0 aromatic heterocycles. The summed E-state index contributed by atoms with van der Waals surface area (Å²) in [6.07, 6.45) is -4.09. The number of rotatable bonds is 8. The van der Waals surface area contributed by atoms with E-state index in [1.807, 2.05) is 0 Å². The third kappa shape index (κ3) is 5.20. The zero-order valence-electron chi connectivity index (χ0n) is 10.5. The summed E-state index contributed by atoms with van der Waals surface area (Å²) in [4.78, 5) is 32.5. The fourth-order valence-electron chi connectivity index (χ4n) is 1.20. The first kappa shape index (κ1) is 17.3. The van der Waals surface area contributed by atoms with E-state index in [9.17, 15) is 19.5 Å². The molecule has 0 aliphatic carbocycles. The predicted molar refractivity (Wildman–Crippen MR) is 60.2 cm³/mol. The maximum Gasteiger partial charge on any atom is 0.337 e. The lowest BCUT2D eigenvalue weighted by molar-refractivity contribution is -0.227. The van der Waals surface area contributed by atoms with Crippen LogP contribution in [0.25, 0.3) is 0 Å². The first-order valence-electron chi connectivity index (χ1n) is 5.22. The lowest BCUT2D eigenvalue weighted by Crippen LogP contribution is -2.55. The van der Waals surface area contributed by atoms with Gasteiger partial charge in [-0.25, -0.2) is 4.79 Å². The molecule has 0 aromatic rings. The Labute approximate surface area is 108 Å². The largest absolute Gasteiger partial charge is 0.481 e. The van der Waals surface area contributed by atoms with Gasteiger partial charge in [-0.15, -0.1) is 0 Å². The third-order valence-corrected chi connectivity index (χ3v) is 2.24. The van der Waals surface area contributed by atoms with E-state index in [1.54, 1.807) is 0 Å². The van der Waals surface area contributed by atoms with Gasteiger partial charge in [0.1, 0.15) is 0 Å². The molecule has 1 unspecified atom stereocenters. The summed E-state index contributed by atoms with van der Waals surface area (Å²) in [5.74, 6) is -4.96. The summed E-state index contributed by atoms with van der Waals surface area (Å²) < 4.78 is 4.75. The molecule has 0 fully saturated rings. The first-order chi connectivity index (χ1) is 8.40. The van der Waals surface area contributed by atoms with Gasteiger partial charge in [0, 0.05) is 0 Å². The topological polar surface area (TPSA) is 167 Å². The van der Waals surface area contributed by atoms with Crippen LogP contribution in [0, 0.1) is 0 Å². The molecule has 19 heavy (non-hydrogen) atoms. The number of hydrogen-bond donors (Lipinski definition) is 5.